The molecule has 0 aromatic carbocycles. The lowest BCUT2D eigenvalue weighted by Crippen LogP contribution is -2.46. The van der Waals surface area contributed by atoms with Crippen LogP contribution in [0.1, 0.15) is 28.8 Å². The van der Waals surface area contributed by atoms with Gasteiger partial charge in [-0.15, -0.1) is 0 Å². The molecular formula is C18H16ClF3N4OS. The number of aromatic nitrogens is 2. The molecule has 0 unspecified atom stereocenters. The van der Waals surface area contributed by atoms with Gasteiger partial charge in [-0.3, -0.25) is 14.8 Å². The first kappa shape index (κ1) is 20.6. The molecule has 5 nitrogen and oxygen atoms in total. The lowest BCUT2D eigenvalue weighted by Gasteiger charge is -2.36. The fourth-order valence-electron chi connectivity index (χ4n) is 2.92. The molecule has 148 valence electrons. The van der Waals surface area contributed by atoms with Gasteiger partial charge in [0.2, 0.25) is 0 Å². The number of thioether (sulfide) groups is 1. The first-order valence-electron chi connectivity index (χ1n) is 8.27. The smallest absolute Gasteiger partial charge is 0.187 e. The SMILES string of the molecule is C[C@]1(c2nc(CC(=O)c3ccc(Cl)cn3)ccc2F)N=C(N)S[C@H](CF)[C@@H]1F. The Labute approximate surface area is 168 Å². The van der Waals surface area contributed by atoms with Gasteiger partial charge in [0, 0.05) is 11.9 Å². The summed E-state index contributed by atoms with van der Waals surface area (Å²) in [4.78, 5) is 24.4. The van der Waals surface area contributed by atoms with Crippen LogP contribution in [0, 0.1) is 5.82 Å². The molecule has 0 bridgehead atoms. The monoisotopic (exact) mass is 428 g/mol. The number of aliphatic imine (C=N–C) groups is 1. The zero-order valence-corrected chi connectivity index (χ0v) is 16.3. The summed E-state index contributed by atoms with van der Waals surface area (Å²) in [5.41, 5.74) is 3.94. The first-order chi connectivity index (χ1) is 13.2. The Bertz CT molecular complexity index is 928. The van der Waals surface area contributed by atoms with Gasteiger partial charge in [-0.25, -0.2) is 18.2 Å². The van der Waals surface area contributed by atoms with Crippen molar-refractivity contribution in [2.75, 3.05) is 6.67 Å². The highest BCUT2D eigenvalue weighted by Crippen LogP contribution is 2.41. The number of Topliss-reactive ketones (excluding diaryl/α,β-unsaturated/α-hetero) is 1. The molecule has 0 saturated heterocycles. The number of nitrogens with two attached hydrogens (primary N) is 1. The number of hydrogen-bond acceptors (Lipinski definition) is 6. The largest absolute Gasteiger partial charge is 0.378 e. The van der Waals surface area contributed by atoms with E-state index >= 15 is 0 Å². The van der Waals surface area contributed by atoms with Gasteiger partial charge in [0.15, 0.2) is 11.0 Å². The summed E-state index contributed by atoms with van der Waals surface area (Å²) in [7, 11) is 0. The number of pyridine rings is 2. The van der Waals surface area contributed by atoms with Gasteiger partial charge in [-0.1, -0.05) is 23.4 Å². The van der Waals surface area contributed by atoms with E-state index in [0.717, 1.165) is 17.8 Å². The second-order valence-electron chi connectivity index (χ2n) is 6.40. The van der Waals surface area contributed by atoms with Gasteiger partial charge in [0.25, 0.3) is 0 Å². The molecule has 2 aromatic heterocycles. The summed E-state index contributed by atoms with van der Waals surface area (Å²) in [6.07, 6.45) is -0.697. The predicted molar refractivity (Wildman–Crippen MR) is 103 cm³/mol. The van der Waals surface area contributed by atoms with Crippen LogP contribution in [0.4, 0.5) is 13.2 Å². The van der Waals surface area contributed by atoms with E-state index in [1.807, 2.05) is 0 Å². The standard InChI is InChI=1S/C18H16ClF3N4OS/c1-18(15(22)14(7-20)28-17(23)26-18)16-11(21)4-3-10(25-16)6-13(27)12-5-2-9(19)8-24-12/h2-5,8,14-15H,6-7H2,1H3,(H2,23,26)/t14-,15+,18+/m1/s1. The Balaban J connectivity index is 1.94. The normalized spacial score (nSPS) is 24.7. The highest BCUT2D eigenvalue weighted by molar-refractivity contribution is 8.14. The van der Waals surface area contributed by atoms with Crippen molar-refractivity contribution in [3.63, 3.8) is 0 Å². The summed E-state index contributed by atoms with van der Waals surface area (Å²) in [6.45, 7) is 0.324. The summed E-state index contributed by atoms with van der Waals surface area (Å²) in [5.74, 6) is -1.18. The van der Waals surface area contributed by atoms with E-state index < -0.39 is 29.5 Å². The number of hydrogen-bond donors (Lipinski definition) is 1. The predicted octanol–water partition coefficient (Wildman–Crippen LogP) is 3.65. The molecule has 10 heteroatoms. The van der Waals surface area contributed by atoms with E-state index in [1.54, 1.807) is 0 Å². The average Bonchev–Trinajstić information content (AvgIpc) is 2.66. The Morgan fingerprint density at radius 3 is 2.75 bits per heavy atom. The summed E-state index contributed by atoms with van der Waals surface area (Å²) < 4.78 is 42.6. The van der Waals surface area contributed by atoms with Gasteiger partial charge in [-0.2, -0.15) is 0 Å². The van der Waals surface area contributed by atoms with Gasteiger partial charge in [0.1, 0.15) is 35.6 Å². The van der Waals surface area contributed by atoms with Gasteiger partial charge in [-0.05, 0) is 31.2 Å². The molecule has 2 aromatic rings. The van der Waals surface area contributed by atoms with Crippen molar-refractivity contribution in [1.82, 2.24) is 9.97 Å². The number of rotatable bonds is 5. The van der Waals surface area contributed by atoms with Crippen molar-refractivity contribution in [3.8, 4) is 0 Å². The fourth-order valence-corrected chi connectivity index (χ4v) is 4.03. The molecule has 1 aliphatic heterocycles. The van der Waals surface area contributed by atoms with Crippen LogP contribution in [0.2, 0.25) is 5.02 Å². The van der Waals surface area contributed by atoms with Crippen LogP contribution in [0.15, 0.2) is 35.5 Å². The quantitative estimate of drug-likeness (QED) is 0.735. The van der Waals surface area contributed by atoms with E-state index in [0.29, 0.717) is 5.02 Å². The Morgan fingerprint density at radius 1 is 1.36 bits per heavy atom. The zero-order chi connectivity index (χ0) is 20.5. The molecule has 0 spiro atoms. The van der Waals surface area contributed by atoms with Crippen molar-refractivity contribution >= 4 is 34.3 Å². The Morgan fingerprint density at radius 2 is 2.11 bits per heavy atom. The van der Waals surface area contributed by atoms with Crippen LogP contribution in [-0.4, -0.2) is 39.0 Å². The highest BCUT2D eigenvalue weighted by atomic mass is 35.5. The fraction of sp³-hybridized carbons (Fsp3) is 0.333. The molecule has 3 rings (SSSR count). The number of carbonyl (C=O) groups is 1. The molecule has 0 radical (unpaired) electrons. The molecule has 2 N–H and O–H groups in total. The van der Waals surface area contributed by atoms with Crippen molar-refractivity contribution in [2.45, 2.75) is 30.3 Å². The van der Waals surface area contributed by atoms with Crippen molar-refractivity contribution in [1.29, 1.82) is 0 Å². The lowest BCUT2D eigenvalue weighted by atomic mass is 9.89. The van der Waals surface area contributed by atoms with Crippen LogP contribution in [0.25, 0.3) is 0 Å². The van der Waals surface area contributed by atoms with Gasteiger partial charge < -0.3 is 5.73 Å². The van der Waals surface area contributed by atoms with Crippen LogP contribution < -0.4 is 5.73 Å². The van der Waals surface area contributed by atoms with Crippen molar-refractivity contribution < 1.29 is 18.0 Å². The number of amidine groups is 1. The maximum absolute atomic E-state index is 14.9. The van der Waals surface area contributed by atoms with Gasteiger partial charge in [0.05, 0.1) is 16.7 Å². The molecule has 3 atom stereocenters. The Kier molecular flexibility index (Phi) is 5.95. The number of ketones is 1. The van der Waals surface area contributed by atoms with Crippen LogP contribution >= 0.6 is 23.4 Å². The average molecular weight is 429 g/mol. The van der Waals surface area contributed by atoms with Crippen LogP contribution in [-0.2, 0) is 12.0 Å². The van der Waals surface area contributed by atoms with Gasteiger partial charge >= 0.3 is 0 Å². The Hall–Kier alpha value is -2.13. The van der Waals surface area contributed by atoms with Crippen molar-refractivity contribution in [3.05, 3.63) is 58.4 Å². The third-order valence-corrected chi connectivity index (χ3v) is 5.59. The van der Waals surface area contributed by atoms with E-state index in [4.69, 9.17) is 17.3 Å². The zero-order valence-electron chi connectivity index (χ0n) is 14.7. The third-order valence-electron chi connectivity index (χ3n) is 4.37. The second kappa shape index (κ2) is 8.08. The minimum Gasteiger partial charge on any atom is -0.378 e. The second-order valence-corrected chi connectivity index (χ2v) is 8.10. The topological polar surface area (TPSA) is 81.2 Å². The molecule has 3 heterocycles. The van der Waals surface area contributed by atoms with Crippen molar-refractivity contribution in [2.24, 2.45) is 10.7 Å². The first-order valence-corrected chi connectivity index (χ1v) is 9.53. The maximum Gasteiger partial charge on any atom is 0.187 e. The molecule has 28 heavy (non-hydrogen) atoms. The molecule has 0 aliphatic carbocycles. The summed E-state index contributed by atoms with van der Waals surface area (Å²) in [5, 5.41) is -0.784. The third kappa shape index (κ3) is 4.00. The van der Waals surface area contributed by atoms with E-state index in [2.05, 4.69) is 15.0 Å². The van der Waals surface area contributed by atoms with E-state index in [9.17, 15) is 18.0 Å². The number of nitrogens with zero attached hydrogens (tertiary/aromatic N) is 3. The molecule has 0 saturated carbocycles. The van der Waals surface area contributed by atoms with Crippen LogP contribution in [0.5, 0.6) is 0 Å². The lowest BCUT2D eigenvalue weighted by molar-refractivity contribution is 0.0987. The van der Waals surface area contributed by atoms with E-state index in [-0.39, 0.29) is 34.5 Å². The minimum atomic E-state index is -1.85. The minimum absolute atomic E-state index is 0.0490. The number of halogens is 4. The molecular weight excluding hydrogens is 413 g/mol. The summed E-state index contributed by atoms with van der Waals surface area (Å²) >= 11 is 6.52. The molecule has 1 aliphatic rings. The molecule has 0 amide bonds. The molecule has 0 fully saturated rings. The van der Waals surface area contributed by atoms with E-state index in [1.165, 1.54) is 31.3 Å². The summed E-state index contributed by atoms with van der Waals surface area (Å²) in [6, 6.07) is 5.38. The number of carbonyl (C=O) groups excluding carboxylic acids is 1. The number of alkyl halides is 2. The maximum atomic E-state index is 14.9. The highest BCUT2D eigenvalue weighted by Gasteiger charge is 2.48. The van der Waals surface area contributed by atoms with Crippen LogP contribution in [0.3, 0.4) is 0 Å².